The van der Waals surface area contributed by atoms with E-state index >= 15 is 0 Å². The highest BCUT2D eigenvalue weighted by atomic mass is 35.5. The number of halogens is 1. The zero-order chi connectivity index (χ0) is 9.12. The Labute approximate surface area is 76.2 Å². The highest BCUT2D eigenvalue weighted by Gasteiger charge is 2.26. The van der Waals surface area contributed by atoms with Crippen LogP contribution in [0.5, 0.6) is 0 Å². The van der Waals surface area contributed by atoms with Gasteiger partial charge in [-0.2, -0.15) is 0 Å². The first-order valence-electron chi connectivity index (χ1n) is 4.03. The van der Waals surface area contributed by atoms with E-state index in [-0.39, 0.29) is 5.60 Å². The molecule has 0 aromatic rings. The average Bonchev–Trinajstić information content (AvgIpc) is 1.55. The van der Waals surface area contributed by atoms with Gasteiger partial charge in [0, 0.05) is 5.88 Å². The Morgan fingerprint density at radius 1 is 1.27 bits per heavy atom. The predicted octanol–water partition coefficient (Wildman–Crippen LogP) is 3.25. The summed E-state index contributed by atoms with van der Waals surface area (Å²) in [7, 11) is -1.39. The minimum Gasteiger partial charge on any atom is -0.413 e. The first-order chi connectivity index (χ1) is 4.77. The van der Waals surface area contributed by atoms with Gasteiger partial charge in [0.2, 0.25) is 0 Å². The van der Waals surface area contributed by atoms with Gasteiger partial charge in [0.05, 0.1) is 5.60 Å². The van der Waals surface area contributed by atoms with Crippen molar-refractivity contribution >= 4 is 19.9 Å². The second-order valence-corrected chi connectivity index (χ2v) is 9.22. The topological polar surface area (TPSA) is 9.23 Å². The fraction of sp³-hybridized carbons (Fsp3) is 1.00. The quantitative estimate of drug-likeness (QED) is 0.493. The lowest BCUT2D eigenvalue weighted by Crippen LogP contribution is -2.38. The van der Waals surface area contributed by atoms with E-state index in [1.807, 2.05) is 0 Å². The first kappa shape index (κ1) is 11.5. The smallest absolute Gasteiger partial charge is 0.184 e. The lowest BCUT2D eigenvalue weighted by atomic mass is 10.1. The fourth-order valence-corrected chi connectivity index (χ4v) is 3.32. The number of rotatable bonds is 4. The van der Waals surface area contributed by atoms with Gasteiger partial charge in [-0.15, -0.1) is 11.6 Å². The van der Waals surface area contributed by atoms with E-state index in [4.69, 9.17) is 16.0 Å². The van der Waals surface area contributed by atoms with Crippen LogP contribution in [0.1, 0.15) is 20.3 Å². The van der Waals surface area contributed by atoms with Crippen molar-refractivity contribution in [3.05, 3.63) is 0 Å². The van der Waals surface area contributed by atoms with Gasteiger partial charge in [-0.3, -0.25) is 0 Å². The summed E-state index contributed by atoms with van der Waals surface area (Å²) in [6.45, 7) is 10.8. The minimum absolute atomic E-state index is 0.0355. The van der Waals surface area contributed by atoms with Gasteiger partial charge in [0.1, 0.15) is 0 Å². The summed E-state index contributed by atoms with van der Waals surface area (Å²) in [5.41, 5.74) is -0.0355. The predicted molar refractivity (Wildman–Crippen MR) is 53.8 cm³/mol. The van der Waals surface area contributed by atoms with Crippen LogP contribution in [0.3, 0.4) is 0 Å². The molecule has 0 atom stereocenters. The molecule has 0 aliphatic heterocycles. The number of hydrogen-bond donors (Lipinski definition) is 0. The first-order valence-corrected chi connectivity index (χ1v) is 7.97. The van der Waals surface area contributed by atoms with Gasteiger partial charge in [-0.1, -0.05) is 0 Å². The maximum Gasteiger partial charge on any atom is 0.184 e. The zero-order valence-corrected chi connectivity index (χ0v) is 9.96. The third-order valence-corrected chi connectivity index (χ3v) is 2.63. The van der Waals surface area contributed by atoms with E-state index < -0.39 is 8.32 Å². The molecule has 0 radical (unpaired) electrons. The Balaban J connectivity index is 3.91. The van der Waals surface area contributed by atoms with Crippen molar-refractivity contribution < 1.29 is 4.43 Å². The van der Waals surface area contributed by atoms with Crippen LogP contribution in [0.4, 0.5) is 0 Å². The summed E-state index contributed by atoms with van der Waals surface area (Å²) in [5.74, 6) is 0.678. The molecular weight excluding hydrogens is 176 g/mol. The Kier molecular flexibility index (Phi) is 4.09. The second kappa shape index (κ2) is 3.92. The Bertz CT molecular complexity index is 118. The Hall–Kier alpha value is 0.467. The van der Waals surface area contributed by atoms with Crippen LogP contribution >= 0.6 is 11.6 Å². The number of alkyl halides is 1. The van der Waals surface area contributed by atoms with Crippen LogP contribution < -0.4 is 0 Å². The van der Waals surface area contributed by atoms with E-state index in [2.05, 4.69) is 33.5 Å². The van der Waals surface area contributed by atoms with Crippen LogP contribution in [0.2, 0.25) is 19.6 Å². The molecule has 0 N–H and O–H groups in total. The van der Waals surface area contributed by atoms with Gasteiger partial charge in [0.25, 0.3) is 0 Å². The molecule has 0 aliphatic carbocycles. The van der Waals surface area contributed by atoms with Crippen molar-refractivity contribution in [2.24, 2.45) is 0 Å². The molecule has 0 aliphatic rings. The molecule has 0 saturated heterocycles. The second-order valence-electron chi connectivity index (χ2n) is 4.41. The molecule has 0 bridgehead atoms. The lowest BCUT2D eigenvalue weighted by Gasteiger charge is -2.32. The maximum absolute atomic E-state index is 5.92. The summed E-state index contributed by atoms with van der Waals surface area (Å²) < 4.78 is 5.92. The third-order valence-electron chi connectivity index (χ3n) is 1.28. The van der Waals surface area contributed by atoms with E-state index in [1.54, 1.807) is 0 Å². The highest BCUT2D eigenvalue weighted by molar-refractivity contribution is 6.69. The molecular formula is C8H19ClOSi. The van der Waals surface area contributed by atoms with E-state index in [0.717, 1.165) is 6.42 Å². The molecule has 0 rings (SSSR count). The van der Waals surface area contributed by atoms with Crippen molar-refractivity contribution in [2.45, 2.75) is 45.5 Å². The molecule has 68 valence electrons. The summed E-state index contributed by atoms with van der Waals surface area (Å²) in [4.78, 5) is 0. The van der Waals surface area contributed by atoms with Crippen LogP contribution in [0.15, 0.2) is 0 Å². The van der Waals surface area contributed by atoms with Gasteiger partial charge in [-0.05, 0) is 39.9 Å². The molecule has 1 nitrogen and oxygen atoms in total. The van der Waals surface area contributed by atoms with Crippen molar-refractivity contribution in [3.63, 3.8) is 0 Å². The Morgan fingerprint density at radius 2 is 1.73 bits per heavy atom. The van der Waals surface area contributed by atoms with Gasteiger partial charge < -0.3 is 4.43 Å². The number of hydrogen-bond acceptors (Lipinski definition) is 1. The highest BCUT2D eigenvalue weighted by Crippen LogP contribution is 2.20. The van der Waals surface area contributed by atoms with Crippen LogP contribution in [0, 0.1) is 0 Å². The molecule has 0 fully saturated rings. The standard InChI is InChI=1S/C8H19ClOSi/c1-8(2,6-7-9)10-11(3,4)5/h6-7H2,1-5H3. The molecule has 0 unspecified atom stereocenters. The average molecular weight is 195 g/mol. The largest absolute Gasteiger partial charge is 0.413 e. The van der Waals surface area contributed by atoms with Gasteiger partial charge >= 0.3 is 0 Å². The van der Waals surface area contributed by atoms with Crippen LogP contribution in [0.25, 0.3) is 0 Å². The molecule has 0 amide bonds. The summed E-state index contributed by atoms with van der Waals surface area (Å²) in [6, 6.07) is 0. The molecule has 0 saturated carbocycles. The molecule has 0 heterocycles. The Morgan fingerprint density at radius 3 is 2.00 bits per heavy atom. The van der Waals surface area contributed by atoms with Gasteiger partial charge in [-0.25, -0.2) is 0 Å². The normalized spacial score (nSPS) is 13.6. The summed E-state index contributed by atoms with van der Waals surface area (Å²) in [5, 5.41) is 0. The fourth-order valence-electron chi connectivity index (χ4n) is 1.11. The minimum atomic E-state index is -1.39. The van der Waals surface area contributed by atoms with Gasteiger partial charge in [0.15, 0.2) is 8.32 Å². The van der Waals surface area contributed by atoms with E-state index in [9.17, 15) is 0 Å². The zero-order valence-electron chi connectivity index (χ0n) is 8.20. The third kappa shape index (κ3) is 6.85. The molecule has 0 spiro atoms. The molecule has 11 heavy (non-hydrogen) atoms. The van der Waals surface area contributed by atoms with Crippen molar-refractivity contribution in [1.29, 1.82) is 0 Å². The maximum atomic E-state index is 5.92. The van der Waals surface area contributed by atoms with Crippen molar-refractivity contribution in [3.8, 4) is 0 Å². The summed E-state index contributed by atoms with van der Waals surface area (Å²) >= 11 is 5.65. The van der Waals surface area contributed by atoms with Crippen molar-refractivity contribution in [2.75, 3.05) is 5.88 Å². The van der Waals surface area contributed by atoms with Crippen molar-refractivity contribution in [1.82, 2.24) is 0 Å². The van der Waals surface area contributed by atoms with E-state index in [0.29, 0.717) is 5.88 Å². The van der Waals surface area contributed by atoms with Crippen LogP contribution in [-0.2, 0) is 4.43 Å². The SMILES string of the molecule is CC(C)(CCCl)O[Si](C)(C)C. The molecule has 0 aromatic heterocycles. The molecule has 3 heteroatoms. The monoisotopic (exact) mass is 194 g/mol. The van der Waals surface area contributed by atoms with E-state index in [1.165, 1.54) is 0 Å². The summed E-state index contributed by atoms with van der Waals surface area (Å²) in [6.07, 6.45) is 0.929. The molecule has 0 aromatic carbocycles. The van der Waals surface area contributed by atoms with Crippen LogP contribution in [-0.4, -0.2) is 19.8 Å². The lowest BCUT2D eigenvalue weighted by molar-refractivity contribution is 0.0979.